The smallest absolute Gasteiger partial charge is 0.243 e. The van der Waals surface area contributed by atoms with Crippen molar-refractivity contribution in [3.05, 3.63) is 35.9 Å². The standard InChI is InChI=1S/C15H22N2O3S/c1-17(21(2,19)20)14(12-8-4-3-5-9-12)15(18)16-13-10-6-7-11-13/h3-5,8-9,13-14H,6-7,10-11H2,1-2H3,(H,16,18)/t14-/m0/s1. The summed E-state index contributed by atoms with van der Waals surface area (Å²) in [5.74, 6) is -0.249. The van der Waals surface area contributed by atoms with Crippen molar-refractivity contribution in [1.82, 2.24) is 9.62 Å². The number of benzene rings is 1. The third-order valence-corrected chi connectivity index (χ3v) is 5.21. The van der Waals surface area contributed by atoms with E-state index in [-0.39, 0.29) is 11.9 Å². The number of carbonyl (C=O) groups excluding carboxylic acids is 1. The van der Waals surface area contributed by atoms with Gasteiger partial charge in [-0.3, -0.25) is 4.79 Å². The van der Waals surface area contributed by atoms with Gasteiger partial charge in [0.05, 0.1) is 6.26 Å². The van der Waals surface area contributed by atoms with Gasteiger partial charge in [0.2, 0.25) is 15.9 Å². The number of sulfonamides is 1. The van der Waals surface area contributed by atoms with E-state index >= 15 is 0 Å². The molecule has 1 atom stereocenters. The normalized spacial score (nSPS) is 17.9. The van der Waals surface area contributed by atoms with Crippen LogP contribution in [0.15, 0.2) is 30.3 Å². The van der Waals surface area contributed by atoms with Crippen LogP contribution in [0.2, 0.25) is 0 Å². The van der Waals surface area contributed by atoms with E-state index in [0.717, 1.165) is 36.2 Å². The van der Waals surface area contributed by atoms with Crippen molar-refractivity contribution in [2.45, 2.75) is 37.8 Å². The van der Waals surface area contributed by atoms with Gasteiger partial charge >= 0.3 is 0 Å². The molecular weight excluding hydrogens is 288 g/mol. The third kappa shape index (κ3) is 4.04. The fraction of sp³-hybridized carbons (Fsp3) is 0.533. The van der Waals surface area contributed by atoms with E-state index in [1.807, 2.05) is 6.07 Å². The second-order valence-electron chi connectivity index (χ2n) is 5.58. The maximum Gasteiger partial charge on any atom is 0.243 e. The number of amides is 1. The largest absolute Gasteiger partial charge is 0.352 e. The molecule has 0 bridgehead atoms. The van der Waals surface area contributed by atoms with Gasteiger partial charge in [0.25, 0.3) is 0 Å². The predicted octanol–water partition coefficient (Wildman–Crippen LogP) is 1.68. The lowest BCUT2D eigenvalue weighted by molar-refractivity contribution is -0.125. The monoisotopic (exact) mass is 310 g/mol. The summed E-state index contributed by atoms with van der Waals surface area (Å²) in [7, 11) is -2.01. The van der Waals surface area contributed by atoms with E-state index < -0.39 is 16.1 Å². The minimum Gasteiger partial charge on any atom is -0.352 e. The van der Waals surface area contributed by atoms with Crippen LogP contribution < -0.4 is 5.32 Å². The fourth-order valence-electron chi connectivity index (χ4n) is 2.70. The second-order valence-corrected chi connectivity index (χ2v) is 7.62. The van der Waals surface area contributed by atoms with Crippen LogP contribution in [0.25, 0.3) is 0 Å². The topological polar surface area (TPSA) is 66.5 Å². The summed E-state index contributed by atoms with van der Waals surface area (Å²) in [6, 6.07) is 8.36. The van der Waals surface area contributed by atoms with Crippen LogP contribution in [0.1, 0.15) is 37.3 Å². The SMILES string of the molecule is CN([C@H](C(=O)NC1CCCC1)c1ccccc1)S(C)(=O)=O. The van der Waals surface area contributed by atoms with Crippen molar-refractivity contribution in [2.75, 3.05) is 13.3 Å². The van der Waals surface area contributed by atoms with Gasteiger partial charge in [-0.1, -0.05) is 43.2 Å². The van der Waals surface area contributed by atoms with Crippen molar-refractivity contribution in [3.63, 3.8) is 0 Å². The summed E-state index contributed by atoms with van der Waals surface area (Å²) >= 11 is 0. The molecule has 1 N–H and O–H groups in total. The molecule has 6 heteroatoms. The van der Waals surface area contributed by atoms with Gasteiger partial charge in [-0.2, -0.15) is 4.31 Å². The Morgan fingerprint density at radius 1 is 1.24 bits per heavy atom. The molecule has 0 spiro atoms. The highest BCUT2D eigenvalue weighted by molar-refractivity contribution is 7.88. The third-order valence-electron chi connectivity index (χ3n) is 3.95. The molecule has 116 valence electrons. The van der Waals surface area contributed by atoms with Gasteiger partial charge in [-0.15, -0.1) is 0 Å². The van der Waals surface area contributed by atoms with E-state index in [1.165, 1.54) is 7.05 Å². The Morgan fingerprint density at radius 3 is 2.33 bits per heavy atom. The summed E-state index contributed by atoms with van der Waals surface area (Å²) in [6.07, 6.45) is 5.28. The van der Waals surface area contributed by atoms with Gasteiger partial charge in [0, 0.05) is 13.1 Å². The Morgan fingerprint density at radius 2 is 1.81 bits per heavy atom. The molecule has 0 unspecified atom stereocenters. The molecule has 1 aliphatic carbocycles. The fourth-order valence-corrected chi connectivity index (χ4v) is 3.30. The number of nitrogens with zero attached hydrogens (tertiary/aromatic N) is 1. The molecule has 2 rings (SSSR count). The van der Waals surface area contributed by atoms with Crippen LogP contribution in [0, 0.1) is 0 Å². The predicted molar refractivity (Wildman–Crippen MR) is 82.2 cm³/mol. The average Bonchev–Trinajstić information content (AvgIpc) is 2.92. The molecule has 1 aromatic carbocycles. The van der Waals surface area contributed by atoms with Crippen LogP contribution in [0.3, 0.4) is 0 Å². The van der Waals surface area contributed by atoms with Gasteiger partial charge in [-0.25, -0.2) is 8.42 Å². The Hall–Kier alpha value is -1.40. The highest BCUT2D eigenvalue weighted by Gasteiger charge is 2.32. The summed E-state index contributed by atoms with van der Waals surface area (Å²) in [5, 5.41) is 2.99. The Labute approximate surface area is 126 Å². The number of nitrogens with one attached hydrogen (secondary N) is 1. The molecule has 0 aromatic heterocycles. The lowest BCUT2D eigenvalue weighted by Gasteiger charge is -2.27. The molecule has 21 heavy (non-hydrogen) atoms. The van der Waals surface area contributed by atoms with E-state index in [0.29, 0.717) is 5.56 Å². The minimum atomic E-state index is -3.46. The average molecular weight is 310 g/mol. The first-order chi connectivity index (χ1) is 9.89. The molecule has 1 fully saturated rings. The Balaban J connectivity index is 2.25. The molecule has 1 saturated carbocycles. The molecule has 0 aliphatic heterocycles. The maximum atomic E-state index is 12.6. The number of hydrogen-bond donors (Lipinski definition) is 1. The highest BCUT2D eigenvalue weighted by Crippen LogP contribution is 2.24. The lowest BCUT2D eigenvalue weighted by atomic mass is 10.1. The van der Waals surface area contributed by atoms with Crippen LogP contribution >= 0.6 is 0 Å². The number of likely N-dealkylation sites (N-methyl/N-ethyl adjacent to an activating group) is 1. The minimum absolute atomic E-state index is 0.164. The van der Waals surface area contributed by atoms with Crippen molar-refractivity contribution in [1.29, 1.82) is 0 Å². The van der Waals surface area contributed by atoms with Crippen molar-refractivity contribution in [3.8, 4) is 0 Å². The summed E-state index contributed by atoms with van der Waals surface area (Å²) < 4.78 is 24.8. The second kappa shape index (κ2) is 6.58. The van der Waals surface area contributed by atoms with Crippen molar-refractivity contribution in [2.24, 2.45) is 0 Å². The lowest BCUT2D eigenvalue weighted by Crippen LogP contribution is -2.44. The first kappa shape index (κ1) is 16.0. The van der Waals surface area contributed by atoms with E-state index in [9.17, 15) is 13.2 Å². The number of carbonyl (C=O) groups is 1. The van der Waals surface area contributed by atoms with Crippen molar-refractivity contribution < 1.29 is 13.2 Å². The summed E-state index contributed by atoms with van der Waals surface area (Å²) in [5.41, 5.74) is 0.681. The quantitative estimate of drug-likeness (QED) is 0.900. The van der Waals surface area contributed by atoms with Gasteiger partial charge in [-0.05, 0) is 18.4 Å². The summed E-state index contributed by atoms with van der Waals surface area (Å²) in [6.45, 7) is 0. The van der Waals surface area contributed by atoms with Crippen molar-refractivity contribution >= 4 is 15.9 Å². The molecule has 1 amide bonds. The van der Waals surface area contributed by atoms with Gasteiger partial charge in [0.15, 0.2) is 0 Å². The van der Waals surface area contributed by atoms with E-state index in [1.54, 1.807) is 24.3 Å². The van der Waals surface area contributed by atoms with E-state index in [2.05, 4.69) is 5.32 Å². The maximum absolute atomic E-state index is 12.6. The molecule has 5 nitrogen and oxygen atoms in total. The first-order valence-electron chi connectivity index (χ1n) is 7.18. The molecule has 0 radical (unpaired) electrons. The Kier molecular flexibility index (Phi) is 5.00. The zero-order valence-corrected chi connectivity index (χ0v) is 13.3. The van der Waals surface area contributed by atoms with Crippen LogP contribution in [-0.4, -0.2) is 38.0 Å². The highest BCUT2D eigenvalue weighted by atomic mass is 32.2. The van der Waals surface area contributed by atoms with Crippen LogP contribution in [0.5, 0.6) is 0 Å². The Bertz CT molecular complexity index is 580. The number of rotatable bonds is 5. The molecule has 0 saturated heterocycles. The zero-order valence-electron chi connectivity index (χ0n) is 12.5. The van der Waals surface area contributed by atoms with Gasteiger partial charge < -0.3 is 5.32 Å². The molecule has 0 heterocycles. The molecule has 1 aliphatic rings. The van der Waals surface area contributed by atoms with Crippen LogP contribution in [0.4, 0.5) is 0 Å². The zero-order chi connectivity index (χ0) is 15.5. The molecule has 1 aromatic rings. The summed E-state index contributed by atoms with van der Waals surface area (Å²) in [4.78, 5) is 12.6. The first-order valence-corrected chi connectivity index (χ1v) is 9.03. The van der Waals surface area contributed by atoms with Gasteiger partial charge in [0.1, 0.15) is 6.04 Å². The van der Waals surface area contributed by atoms with Crippen LogP contribution in [-0.2, 0) is 14.8 Å². The van der Waals surface area contributed by atoms with E-state index in [4.69, 9.17) is 0 Å². The molecular formula is C15H22N2O3S. The number of hydrogen-bond acceptors (Lipinski definition) is 3.